The molecule has 1 amide bonds. The van der Waals surface area contributed by atoms with E-state index in [1.165, 1.54) is 6.07 Å². The molecule has 2 rings (SSSR count). The third-order valence-electron chi connectivity index (χ3n) is 3.78. The van der Waals surface area contributed by atoms with Crippen LogP contribution in [0.2, 0.25) is 0 Å². The van der Waals surface area contributed by atoms with Gasteiger partial charge in [0.05, 0.1) is 17.8 Å². The number of halogens is 2. The molecule has 2 atom stereocenters. The van der Waals surface area contributed by atoms with Gasteiger partial charge in [-0.25, -0.2) is 9.40 Å². The molecule has 1 aliphatic rings. The molecule has 8 heteroatoms. The van der Waals surface area contributed by atoms with Gasteiger partial charge < -0.3 is 10.4 Å². The van der Waals surface area contributed by atoms with Crippen molar-refractivity contribution in [3.05, 3.63) is 35.1 Å². The molecule has 0 saturated carbocycles. The van der Waals surface area contributed by atoms with Crippen LogP contribution >= 0.6 is 11.6 Å². The number of nitrogens with zero attached hydrogens (tertiary/aromatic N) is 1. The molecule has 132 valence electrons. The van der Waals surface area contributed by atoms with E-state index in [1.54, 1.807) is 6.07 Å². The smallest absolute Gasteiger partial charge is 0.305 e. The molecular weight excluding hydrogens is 337 g/mol. The summed E-state index contributed by atoms with van der Waals surface area (Å²) in [6.45, 7) is 3.35. The first-order chi connectivity index (χ1) is 11.4. The molecule has 0 radical (unpaired) electrons. The van der Waals surface area contributed by atoms with Gasteiger partial charge in [0.25, 0.3) is 5.91 Å². The minimum Gasteiger partial charge on any atom is -0.481 e. The maximum absolute atomic E-state index is 14.0. The number of carbonyl (C=O) groups excluding carboxylic acids is 1. The highest BCUT2D eigenvalue weighted by atomic mass is 35.5. The van der Waals surface area contributed by atoms with Crippen molar-refractivity contribution in [2.45, 2.75) is 31.2 Å². The summed E-state index contributed by atoms with van der Waals surface area (Å²) in [5.74, 6) is -2.04. The Labute approximate surface area is 144 Å². The summed E-state index contributed by atoms with van der Waals surface area (Å²) >= 11 is 6.35. The van der Waals surface area contributed by atoms with Gasteiger partial charge in [0.2, 0.25) is 0 Å². The fourth-order valence-electron chi connectivity index (χ4n) is 2.76. The molecule has 0 aromatic heterocycles. The zero-order chi connectivity index (χ0) is 17.7. The second-order valence-electron chi connectivity index (χ2n) is 5.69. The number of benzene rings is 1. The van der Waals surface area contributed by atoms with E-state index in [1.807, 2.05) is 11.9 Å². The quantitative estimate of drug-likeness (QED) is 0.649. The van der Waals surface area contributed by atoms with Crippen LogP contribution in [-0.2, 0) is 4.79 Å². The van der Waals surface area contributed by atoms with Crippen molar-refractivity contribution in [2.75, 3.05) is 19.6 Å². The molecule has 0 spiro atoms. The van der Waals surface area contributed by atoms with E-state index in [4.69, 9.17) is 16.7 Å². The zero-order valence-corrected chi connectivity index (χ0v) is 14.1. The van der Waals surface area contributed by atoms with Gasteiger partial charge in [-0.2, -0.15) is 0 Å². The SMILES string of the molecule is CCCN1NCC(Cl)C1c1cc(F)cc(C(=O)NCCC(=O)O)c1. The minimum absolute atomic E-state index is 0.00884. The van der Waals surface area contributed by atoms with Crippen LogP contribution in [0.15, 0.2) is 18.2 Å². The van der Waals surface area contributed by atoms with Crippen molar-refractivity contribution in [3.8, 4) is 0 Å². The molecule has 1 aromatic rings. The minimum atomic E-state index is -1.01. The Morgan fingerprint density at radius 1 is 1.46 bits per heavy atom. The predicted molar refractivity (Wildman–Crippen MR) is 88.4 cm³/mol. The summed E-state index contributed by atoms with van der Waals surface area (Å²) in [6.07, 6.45) is 0.722. The fourth-order valence-corrected chi connectivity index (χ4v) is 3.11. The number of aliphatic carboxylic acids is 1. The Bertz CT molecular complexity index is 612. The van der Waals surface area contributed by atoms with Gasteiger partial charge >= 0.3 is 5.97 Å². The average molecular weight is 358 g/mol. The molecular formula is C16H21ClFN3O3. The van der Waals surface area contributed by atoms with Crippen LogP contribution in [0.25, 0.3) is 0 Å². The van der Waals surface area contributed by atoms with Crippen LogP contribution in [0, 0.1) is 5.82 Å². The van der Waals surface area contributed by atoms with Crippen LogP contribution < -0.4 is 10.7 Å². The number of hydrogen-bond acceptors (Lipinski definition) is 4. The van der Waals surface area contributed by atoms with Gasteiger partial charge in [-0.3, -0.25) is 15.0 Å². The summed E-state index contributed by atoms with van der Waals surface area (Å²) in [7, 11) is 0. The molecule has 3 N–H and O–H groups in total. The highest BCUT2D eigenvalue weighted by Crippen LogP contribution is 2.32. The van der Waals surface area contributed by atoms with Crippen molar-refractivity contribution in [3.63, 3.8) is 0 Å². The maximum atomic E-state index is 14.0. The monoisotopic (exact) mass is 357 g/mol. The number of amides is 1. The van der Waals surface area contributed by atoms with Crippen LogP contribution in [0.3, 0.4) is 0 Å². The first kappa shape index (κ1) is 18.6. The molecule has 0 aliphatic carbocycles. The predicted octanol–water partition coefficient (Wildman–Crippen LogP) is 1.91. The number of carboxylic acid groups (broad SMARTS) is 1. The average Bonchev–Trinajstić information content (AvgIpc) is 2.87. The maximum Gasteiger partial charge on any atom is 0.305 e. The number of hydrazine groups is 1. The van der Waals surface area contributed by atoms with E-state index in [9.17, 15) is 14.0 Å². The molecule has 1 saturated heterocycles. The molecule has 1 aliphatic heterocycles. The van der Waals surface area contributed by atoms with Crippen molar-refractivity contribution in [1.29, 1.82) is 0 Å². The van der Waals surface area contributed by atoms with Gasteiger partial charge in [0.15, 0.2) is 0 Å². The zero-order valence-electron chi connectivity index (χ0n) is 13.4. The highest BCUT2D eigenvalue weighted by molar-refractivity contribution is 6.21. The molecule has 1 heterocycles. The van der Waals surface area contributed by atoms with Crippen molar-refractivity contribution >= 4 is 23.5 Å². The Morgan fingerprint density at radius 2 is 2.21 bits per heavy atom. The van der Waals surface area contributed by atoms with E-state index in [0.29, 0.717) is 12.1 Å². The number of alkyl halides is 1. The Hall–Kier alpha value is -1.70. The van der Waals surface area contributed by atoms with Crippen LogP contribution in [0.1, 0.15) is 41.7 Å². The van der Waals surface area contributed by atoms with Crippen molar-refractivity contribution in [2.24, 2.45) is 0 Å². The van der Waals surface area contributed by atoms with Gasteiger partial charge in [0, 0.05) is 25.2 Å². The lowest BCUT2D eigenvalue weighted by atomic mass is 10.0. The summed E-state index contributed by atoms with van der Waals surface area (Å²) in [6, 6.07) is 3.89. The van der Waals surface area contributed by atoms with Gasteiger partial charge in [-0.05, 0) is 30.2 Å². The van der Waals surface area contributed by atoms with Gasteiger partial charge in [0.1, 0.15) is 5.82 Å². The molecule has 1 fully saturated rings. The topological polar surface area (TPSA) is 81.7 Å². The molecule has 0 bridgehead atoms. The van der Waals surface area contributed by atoms with Gasteiger partial charge in [-0.15, -0.1) is 11.6 Å². The lowest BCUT2D eigenvalue weighted by Crippen LogP contribution is -2.34. The molecule has 1 aromatic carbocycles. The van der Waals surface area contributed by atoms with Crippen LogP contribution in [-0.4, -0.2) is 47.0 Å². The number of nitrogens with one attached hydrogen (secondary N) is 2. The number of rotatable bonds is 7. The standard InChI is InChI=1S/C16H21ClFN3O3/c1-2-5-21-15(13(17)9-20-21)10-6-11(8-12(18)7-10)16(24)19-4-3-14(22)23/h6-8,13,15,20H,2-5,9H2,1H3,(H,19,24)(H,22,23). The van der Waals surface area contributed by atoms with Crippen molar-refractivity contribution in [1.82, 2.24) is 15.8 Å². The van der Waals surface area contributed by atoms with E-state index >= 15 is 0 Å². The number of carboxylic acids is 1. The Morgan fingerprint density at radius 3 is 2.88 bits per heavy atom. The normalized spacial score (nSPS) is 21.0. The summed E-state index contributed by atoms with van der Waals surface area (Å²) in [5, 5.41) is 12.8. The largest absolute Gasteiger partial charge is 0.481 e. The van der Waals surface area contributed by atoms with Crippen LogP contribution in [0.5, 0.6) is 0 Å². The van der Waals surface area contributed by atoms with Crippen LogP contribution in [0.4, 0.5) is 4.39 Å². The Balaban J connectivity index is 2.18. The van der Waals surface area contributed by atoms with E-state index in [2.05, 4.69) is 10.7 Å². The lowest BCUT2D eigenvalue weighted by molar-refractivity contribution is -0.136. The second kappa shape index (κ2) is 8.41. The van der Waals surface area contributed by atoms with Crippen molar-refractivity contribution < 1.29 is 19.1 Å². The second-order valence-corrected chi connectivity index (χ2v) is 6.25. The van der Waals surface area contributed by atoms with E-state index in [-0.39, 0.29) is 29.9 Å². The van der Waals surface area contributed by atoms with E-state index < -0.39 is 17.7 Å². The first-order valence-corrected chi connectivity index (χ1v) is 8.30. The summed E-state index contributed by atoms with van der Waals surface area (Å²) in [4.78, 5) is 22.6. The number of carbonyl (C=O) groups is 2. The van der Waals surface area contributed by atoms with E-state index in [0.717, 1.165) is 19.0 Å². The summed E-state index contributed by atoms with van der Waals surface area (Å²) in [5.41, 5.74) is 3.96. The Kier molecular flexibility index (Phi) is 6.53. The molecule has 24 heavy (non-hydrogen) atoms. The highest BCUT2D eigenvalue weighted by Gasteiger charge is 2.34. The first-order valence-electron chi connectivity index (χ1n) is 7.87. The third kappa shape index (κ3) is 4.66. The number of hydrogen-bond donors (Lipinski definition) is 3. The van der Waals surface area contributed by atoms with Gasteiger partial charge in [-0.1, -0.05) is 6.92 Å². The molecule has 2 unspecified atom stereocenters. The molecule has 6 nitrogen and oxygen atoms in total. The fraction of sp³-hybridized carbons (Fsp3) is 0.500. The lowest BCUT2D eigenvalue weighted by Gasteiger charge is -2.25. The summed E-state index contributed by atoms with van der Waals surface area (Å²) < 4.78 is 14.0. The third-order valence-corrected chi connectivity index (χ3v) is 4.17.